The van der Waals surface area contributed by atoms with Crippen LogP contribution in [0.25, 0.3) is 0 Å². The maximum Gasteiger partial charge on any atom is 0.240 e. The van der Waals surface area contributed by atoms with Gasteiger partial charge in [0, 0.05) is 12.3 Å². The van der Waals surface area contributed by atoms with Gasteiger partial charge in [-0.3, -0.25) is 4.79 Å². The highest BCUT2D eigenvalue weighted by atomic mass is 16.5. The lowest BCUT2D eigenvalue weighted by molar-refractivity contribution is -0.121. The SMILES string of the molecule is CC1CC(=O)NN=C1c1ccc(OCCCC2CCCNC2)cc1. The first kappa shape index (κ1) is 17.0. The number of nitrogens with one attached hydrogen (secondary N) is 2. The minimum Gasteiger partial charge on any atom is -0.494 e. The second-order valence-corrected chi connectivity index (χ2v) is 6.86. The molecule has 0 spiro atoms. The summed E-state index contributed by atoms with van der Waals surface area (Å²) in [5.41, 5.74) is 4.54. The molecule has 0 bridgehead atoms. The molecule has 2 N–H and O–H groups in total. The molecule has 1 aromatic rings. The first-order valence-electron chi connectivity index (χ1n) is 9.03. The summed E-state index contributed by atoms with van der Waals surface area (Å²) in [6, 6.07) is 8.02. The van der Waals surface area contributed by atoms with Crippen LogP contribution in [0.5, 0.6) is 5.75 Å². The predicted molar refractivity (Wildman–Crippen MR) is 95.2 cm³/mol. The van der Waals surface area contributed by atoms with Crippen LogP contribution in [0, 0.1) is 11.8 Å². The molecule has 1 saturated heterocycles. The first-order chi connectivity index (χ1) is 11.7. The van der Waals surface area contributed by atoms with Gasteiger partial charge in [0.2, 0.25) is 5.91 Å². The second-order valence-electron chi connectivity index (χ2n) is 6.86. The molecule has 0 aromatic heterocycles. The number of hydrogen-bond donors (Lipinski definition) is 2. The number of nitrogens with zero attached hydrogens (tertiary/aromatic N) is 1. The highest BCUT2D eigenvalue weighted by molar-refractivity contribution is 6.05. The van der Waals surface area contributed by atoms with Crippen LogP contribution in [0.4, 0.5) is 0 Å². The standard InChI is InChI=1S/C19H27N3O2/c1-14-12-18(23)21-22-19(14)16-6-8-17(9-7-16)24-11-3-5-15-4-2-10-20-13-15/h6-9,14-15,20H,2-5,10-13H2,1H3,(H,21,23). The van der Waals surface area contributed by atoms with E-state index in [-0.39, 0.29) is 11.8 Å². The molecule has 130 valence electrons. The van der Waals surface area contributed by atoms with Crippen molar-refractivity contribution in [2.75, 3.05) is 19.7 Å². The Labute approximate surface area is 143 Å². The average Bonchev–Trinajstić information content (AvgIpc) is 2.60. The number of carbonyl (C=O) groups is 1. The van der Waals surface area contributed by atoms with Crippen molar-refractivity contribution in [3.63, 3.8) is 0 Å². The normalized spacial score (nSPS) is 24.2. The molecule has 0 radical (unpaired) electrons. The predicted octanol–water partition coefficient (Wildman–Crippen LogP) is 2.71. The molecule has 1 aromatic carbocycles. The molecule has 2 atom stereocenters. The molecule has 2 aliphatic rings. The molecule has 0 saturated carbocycles. The van der Waals surface area contributed by atoms with Gasteiger partial charge in [0.1, 0.15) is 5.75 Å². The van der Waals surface area contributed by atoms with Crippen molar-refractivity contribution in [2.45, 2.75) is 39.0 Å². The lowest BCUT2D eigenvalue weighted by Crippen LogP contribution is -2.31. The quantitative estimate of drug-likeness (QED) is 0.789. The monoisotopic (exact) mass is 329 g/mol. The molecule has 2 heterocycles. The molecule has 0 aliphatic carbocycles. The zero-order valence-corrected chi connectivity index (χ0v) is 14.4. The highest BCUT2D eigenvalue weighted by Crippen LogP contribution is 2.20. The Kier molecular flexibility index (Phi) is 5.86. The van der Waals surface area contributed by atoms with Crippen LogP contribution in [-0.2, 0) is 4.79 Å². The van der Waals surface area contributed by atoms with Gasteiger partial charge in [0.15, 0.2) is 0 Å². The van der Waals surface area contributed by atoms with E-state index in [4.69, 9.17) is 4.74 Å². The van der Waals surface area contributed by atoms with Crippen molar-refractivity contribution in [1.82, 2.24) is 10.7 Å². The van der Waals surface area contributed by atoms with Crippen LogP contribution in [0.15, 0.2) is 29.4 Å². The smallest absolute Gasteiger partial charge is 0.240 e. The Morgan fingerprint density at radius 3 is 2.83 bits per heavy atom. The van der Waals surface area contributed by atoms with Crippen molar-refractivity contribution in [3.05, 3.63) is 29.8 Å². The van der Waals surface area contributed by atoms with E-state index in [0.29, 0.717) is 6.42 Å². The number of amides is 1. The van der Waals surface area contributed by atoms with Crippen molar-refractivity contribution in [1.29, 1.82) is 0 Å². The van der Waals surface area contributed by atoms with Gasteiger partial charge in [-0.2, -0.15) is 5.10 Å². The number of carbonyl (C=O) groups excluding carboxylic acids is 1. The minimum absolute atomic E-state index is 0.0145. The van der Waals surface area contributed by atoms with E-state index >= 15 is 0 Å². The zero-order chi connectivity index (χ0) is 16.8. The topological polar surface area (TPSA) is 62.7 Å². The molecule has 1 fully saturated rings. The number of ether oxygens (including phenoxy) is 1. The summed E-state index contributed by atoms with van der Waals surface area (Å²) in [6.07, 6.45) is 5.48. The third-order valence-electron chi connectivity index (χ3n) is 4.83. The van der Waals surface area contributed by atoms with Gasteiger partial charge < -0.3 is 10.1 Å². The van der Waals surface area contributed by atoms with Gasteiger partial charge in [0.05, 0.1) is 12.3 Å². The number of rotatable bonds is 6. The molecule has 24 heavy (non-hydrogen) atoms. The van der Waals surface area contributed by atoms with Crippen LogP contribution in [0.3, 0.4) is 0 Å². The van der Waals surface area contributed by atoms with E-state index in [0.717, 1.165) is 42.5 Å². The van der Waals surface area contributed by atoms with E-state index in [1.54, 1.807) is 0 Å². The Morgan fingerprint density at radius 2 is 2.12 bits per heavy atom. The number of benzene rings is 1. The molecule has 3 rings (SSSR count). The van der Waals surface area contributed by atoms with Gasteiger partial charge in [0.25, 0.3) is 0 Å². The Morgan fingerprint density at radius 1 is 1.29 bits per heavy atom. The third kappa shape index (κ3) is 4.57. The van der Waals surface area contributed by atoms with E-state index in [1.165, 1.54) is 25.8 Å². The van der Waals surface area contributed by atoms with Crippen molar-refractivity contribution in [2.24, 2.45) is 16.9 Å². The molecule has 2 aliphatic heterocycles. The van der Waals surface area contributed by atoms with Crippen LogP contribution in [-0.4, -0.2) is 31.3 Å². The summed E-state index contributed by atoms with van der Waals surface area (Å²) >= 11 is 0. The van der Waals surface area contributed by atoms with E-state index in [9.17, 15) is 4.79 Å². The van der Waals surface area contributed by atoms with Gasteiger partial charge in [-0.05, 0) is 74.5 Å². The Hall–Kier alpha value is -1.88. The summed E-state index contributed by atoms with van der Waals surface area (Å²) in [5, 5.41) is 7.65. The van der Waals surface area contributed by atoms with E-state index in [1.807, 2.05) is 31.2 Å². The fourth-order valence-electron chi connectivity index (χ4n) is 3.46. The van der Waals surface area contributed by atoms with Crippen LogP contribution in [0.1, 0.15) is 44.6 Å². The maximum atomic E-state index is 11.3. The molecular formula is C19H27N3O2. The van der Waals surface area contributed by atoms with Gasteiger partial charge in [-0.1, -0.05) is 6.92 Å². The van der Waals surface area contributed by atoms with Crippen LogP contribution < -0.4 is 15.5 Å². The molecule has 1 amide bonds. The molecule has 5 nitrogen and oxygen atoms in total. The number of piperidine rings is 1. The van der Waals surface area contributed by atoms with Crippen molar-refractivity contribution < 1.29 is 9.53 Å². The van der Waals surface area contributed by atoms with E-state index < -0.39 is 0 Å². The number of hydrogen-bond acceptors (Lipinski definition) is 4. The Bertz CT molecular complexity index is 577. The lowest BCUT2D eigenvalue weighted by Gasteiger charge is -2.22. The molecule has 2 unspecified atom stereocenters. The summed E-state index contributed by atoms with van der Waals surface area (Å²) < 4.78 is 5.85. The summed E-state index contributed by atoms with van der Waals surface area (Å²) in [6.45, 7) is 5.13. The summed E-state index contributed by atoms with van der Waals surface area (Å²) in [4.78, 5) is 11.3. The second kappa shape index (κ2) is 8.29. The lowest BCUT2D eigenvalue weighted by atomic mass is 9.94. The molecular weight excluding hydrogens is 302 g/mol. The van der Waals surface area contributed by atoms with Crippen molar-refractivity contribution in [3.8, 4) is 5.75 Å². The van der Waals surface area contributed by atoms with Gasteiger partial charge in [-0.25, -0.2) is 5.43 Å². The Balaban J connectivity index is 1.45. The maximum absolute atomic E-state index is 11.3. The highest BCUT2D eigenvalue weighted by Gasteiger charge is 2.21. The van der Waals surface area contributed by atoms with E-state index in [2.05, 4.69) is 15.8 Å². The third-order valence-corrected chi connectivity index (χ3v) is 4.83. The zero-order valence-electron chi connectivity index (χ0n) is 14.4. The first-order valence-corrected chi connectivity index (χ1v) is 9.03. The van der Waals surface area contributed by atoms with Gasteiger partial charge in [-0.15, -0.1) is 0 Å². The van der Waals surface area contributed by atoms with Gasteiger partial charge >= 0.3 is 0 Å². The fraction of sp³-hybridized carbons (Fsp3) is 0.579. The summed E-state index contributed by atoms with van der Waals surface area (Å²) in [5.74, 6) is 1.84. The minimum atomic E-state index is -0.0145. The van der Waals surface area contributed by atoms with Crippen molar-refractivity contribution >= 4 is 11.6 Å². The summed E-state index contributed by atoms with van der Waals surface area (Å²) in [7, 11) is 0. The largest absolute Gasteiger partial charge is 0.494 e. The molecule has 5 heteroatoms. The fourth-order valence-corrected chi connectivity index (χ4v) is 3.46. The van der Waals surface area contributed by atoms with Crippen LogP contribution >= 0.6 is 0 Å². The number of hydrazone groups is 1. The van der Waals surface area contributed by atoms with Crippen LogP contribution in [0.2, 0.25) is 0 Å². The average molecular weight is 329 g/mol.